The zero-order chi connectivity index (χ0) is 29.5. The van der Waals surface area contributed by atoms with Crippen LogP contribution in [0.5, 0.6) is 0 Å². The minimum absolute atomic E-state index is 0.0372. The summed E-state index contributed by atoms with van der Waals surface area (Å²) in [5.41, 5.74) is 2.16. The number of allylic oxidation sites excluding steroid dienone is 6. The SMILES string of the molecule is CC(=O)OCC(=O)[C@H]1C(C(Sc2ccccc2)Sc2ccccc2)C[C@H]2[C@@H]3CCC4=CC(=O)C=C[C@]4(C)C3=CC[C@]12C. The zero-order valence-corrected chi connectivity index (χ0v) is 26.1. The molecule has 4 aliphatic carbocycles. The lowest BCUT2D eigenvalue weighted by atomic mass is 9.52. The highest BCUT2D eigenvalue weighted by molar-refractivity contribution is 8.17. The number of esters is 1. The van der Waals surface area contributed by atoms with Crippen LogP contribution in [0.1, 0.15) is 46.5 Å². The molecule has 6 rings (SSSR count). The first-order chi connectivity index (χ1) is 20.2. The number of hydrogen-bond donors (Lipinski definition) is 0. The van der Waals surface area contributed by atoms with Crippen LogP contribution in [0.25, 0.3) is 0 Å². The van der Waals surface area contributed by atoms with Gasteiger partial charge in [0.15, 0.2) is 11.6 Å². The summed E-state index contributed by atoms with van der Waals surface area (Å²) in [6, 6.07) is 20.9. The van der Waals surface area contributed by atoms with Crippen molar-refractivity contribution in [2.75, 3.05) is 6.61 Å². The van der Waals surface area contributed by atoms with Gasteiger partial charge in [-0.05, 0) is 92.2 Å². The van der Waals surface area contributed by atoms with E-state index in [0.717, 1.165) is 25.7 Å². The van der Waals surface area contributed by atoms with Crippen LogP contribution in [-0.4, -0.2) is 28.7 Å². The molecule has 6 atom stereocenters. The molecule has 4 nitrogen and oxygen atoms in total. The summed E-state index contributed by atoms with van der Waals surface area (Å²) in [5, 5.41) is 0. The van der Waals surface area contributed by atoms with Gasteiger partial charge in [0.2, 0.25) is 0 Å². The number of Topliss-reactive ketones (excluding diaryl/α,β-unsaturated/α-hetero) is 1. The Morgan fingerprint density at radius 3 is 2.26 bits per heavy atom. The predicted octanol–water partition coefficient (Wildman–Crippen LogP) is 8.10. The average Bonchev–Trinajstić information content (AvgIpc) is 3.30. The van der Waals surface area contributed by atoms with E-state index in [1.54, 1.807) is 6.08 Å². The molecular weight excluding hydrogens is 561 g/mol. The van der Waals surface area contributed by atoms with Gasteiger partial charge in [-0.2, -0.15) is 0 Å². The monoisotopic (exact) mass is 598 g/mol. The van der Waals surface area contributed by atoms with Crippen molar-refractivity contribution < 1.29 is 19.1 Å². The van der Waals surface area contributed by atoms with Gasteiger partial charge in [-0.3, -0.25) is 14.4 Å². The number of fused-ring (bicyclic) bond motifs is 5. The quantitative estimate of drug-likeness (QED) is 0.132. The Balaban J connectivity index is 1.40. The lowest BCUT2D eigenvalue weighted by molar-refractivity contribution is -0.148. The molecule has 0 heterocycles. The smallest absolute Gasteiger partial charge is 0.303 e. The minimum atomic E-state index is -0.419. The van der Waals surface area contributed by atoms with Gasteiger partial charge in [0.05, 0.1) is 4.58 Å². The molecule has 2 aromatic carbocycles. The Morgan fingerprint density at radius 1 is 1.00 bits per heavy atom. The number of rotatable bonds is 8. The van der Waals surface area contributed by atoms with Crippen molar-refractivity contribution >= 4 is 41.1 Å². The normalized spacial score (nSPS) is 31.5. The Kier molecular flexibility index (Phi) is 8.14. The summed E-state index contributed by atoms with van der Waals surface area (Å²) < 4.78 is 5.45. The van der Waals surface area contributed by atoms with E-state index in [2.05, 4.69) is 74.5 Å². The van der Waals surface area contributed by atoms with Gasteiger partial charge in [0.1, 0.15) is 6.61 Å². The molecule has 2 saturated carbocycles. The molecular formula is C36H38O4S2. The van der Waals surface area contributed by atoms with Crippen molar-refractivity contribution in [2.45, 2.75) is 60.8 Å². The predicted molar refractivity (Wildman–Crippen MR) is 169 cm³/mol. The third-order valence-electron chi connectivity index (χ3n) is 10.2. The summed E-state index contributed by atoms with van der Waals surface area (Å²) in [4.78, 5) is 40.5. The fourth-order valence-corrected chi connectivity index (χ4v) is 11.1. The van der Waals surface area contributed by atoms with E-state index >= 15 is 0 Å². The first kappa shape index (κ1) is 29.3. The molecule has 0 bridgehead atoms. The van der Waals surface area contributed by atoms with E-state index in [0.29, 0.717) is 11.8 Å². The van der Waals surface area contributed by atoms with Crippen LogP contribution in [0, 0.1) is 34.5 Å². The van der Waals surface area contributed by atoms with Gasteiger partial charge in [0.25, 0.3) is 0 Å². The van der Waals surface area contributed by atoms with Crippen LogP contribution >= 0.6 is 23.5 Å². The third kappa shape index (κ3) is 5.37. The van der Waals surface area contributed by atoms with Crippen LogP contribution in [0.15, 0.2) is 106 Å². The third-order valence-corrected chi connectivity index (χ3v) is 13.0. The molecule has 42 heavy (non-hydrogen) atoms. The highest BCUT2D eigenvalue weighted by Crippen LogP contribution is 2.67. The Bertz CT molecular complexity index is 1420. The molecule has 1 unspecified atom stereocenters. The second-order valence-corrected chi connectivity index (χ2v) is 15.3. The van der Waals surface area contributed by atoms with Gasteiger partial charge in [-0.1, -0.05) is 66.6 Å². The van der Waals surface area contributed by atoms with Crippen molar-refractivity contribution in [1.82, 2.24) is 0 Å². The van der Waals surface area contributed by atoms with Crippen LogP contribution in [0.3, 0.4) is 0 Å². The first-order valence-electron chi connectivity index (χ1n) is 14.9. The van der Waals surface area contributed by atoms with E-state index in [4.69, 9.17) is 4.74 Å². The maximum atomic E-state index is 14.1. The highest BCUT2D eigenvalue weighted by Gasteiger charge is 2.61. The minimum Gasteiger partial charge on any atom is -0.458 e. The zero-order valence-electron chi connectivity index (χ0n) is 24.5. The summed E-state index contributed by atoms with van der Waals surface area (Å²) in [6.07, 6.45) is 11.7. The maximum Gasteiger partial charge on any atom is 0.303 e. The van der Waals surface area contributed by atoms with Crippen molar-refractivity contribution in [3.05, 3.63) is 96.1 Å². The lowest BCUT2D eigenvalue weighted by Crippen LogP contribution is -2.46. The molecule has 0 spiro atoms. The van der Waals surface area contributed by atoms with Gasteiger partial charge in [0, 0.05) is 28.0 Å². The Labute approximate surface area is 257 Å². The van der Waals surface area contributed by atoms with Gasteiger partial charge in [-0.25, -0.2) is 0 Å². The molecule has 4 aliphatic rings. The van der Waals surface area contributed by atoms with Crippen molar-refractivity contribution in [1.29, 1.82) is 0 Å². The van der Waals surface area contributed by atoms with Crippen LogP contribution in [-0.2, 0) is 19.1 Å². The second kappa shape index (κ2) is 11.7. The van der Waals surface area contributed by atoms with Crippen molar-refractivity contribution in [3.63, 3.8) is 0 Å². The molecule has 0 radical (unpaired) electrons. The number of hydrogen-bond acceptors (Lipinski definition) is 6. The summed E-state index contributed by atoms with van der Waals surface area (Å²) in [6.45, 7) is 5.77. The van der Waals surface area contributed by atoms with Gasteiger partial charge < -0.3 is 4.74 Å². The van der Waals surface area contributed by atoms with Crippen LogP contribution < -0.4 is 0 Å². The Hall–Kier alpha value is -2.83. The summed E-state index contributed by atoms with van der Waals surface area (Å²) in [7, 11) is 0. The molecule has 6 heteroatoms. The molecule has 0 saturated heterocycles. The van der Waals surface area contributed by atoms with E-state index in [9.17, 15) is 14.4 Å². The Morgan fingerprint density at radius 2 is 1.64 bits per heavy atom. The molecule has 0 amide bonds. The fraction of sp³-hybridized carbons (Fsp3) is 0.417. The highest BCUT2D eigenvalue weighted by atomic mass is 32.2. The average molecular weight is 599 g/mol. The number of carbonyl (C=O) groups excluding carboxylic acids is 3. The second-order valence-electron chi connectivity index (χ2n) is 12.6. The van der Waals surface area contributed by atoms with Crippen LogP contribution in [0.4, 0.5) is 0 Å². The van der Waals surface area contributed by atoms with Crippen molar-refractivity contribution in [3.8, 4) is 0 Å². The fourth-order valence-electron chi connectivity index (χ4n) is 8.22. The number of carbonyl (C=O) groups is 3. The summed E-state index contributed by atoms with van der Waals surface area (Å²) >= 11 is 3.69. The number of ether oxygens (including phenoxy) is 1. The molecule has 2 aromatic rings. The molecule has 2 fully saturated rings. The molecule has 218 valence electrons. The summed E-state index contributed by atoms with van der Waals surface area (Å²) in [5.74, 6) is 0.241. The number of thioether (sulfide) groups is 2. The van der Waals surface area contributed by atoms with Crippen LogP contribution in [0.2, 0.25) is 0 Å². The van der Waals surface area contributed by atoms with Gasteiger partial charge >= 0.3 is 5.97 Å². The van der Waals surface area contributed by atoms with E-state index in [1.807, 2.05) is 41.7 Å². The van der Waals surface area contributed by atoms with Gasteiger partial charge in [-0.15, -0.1) is 23.5 Å². The lowest BCUT2D eigenvalue weighted by Gasteiger charge is -2.52. The first-order valence-corrected chi connectivity index (χ1v) is 16.7. The largest absolute Gasteiger partial charge is 0.458 e. The topological polar surface area (TPSA) is 60.4 Å². The number of benzene rings is 2. The van der Waals surface area contributed by atoms with Crippen molar-refractivity contribution in [2.24, 2.45) is 34.5 Å². The maximum absolute atomic E-state index is 14.1. The van der Waals surface area contributed by atoms with E-state index in [1.165, 1.54) is 27.9 Å². The molecule has 0 aliphatic heterocycles. The van der Waals surface area contributed by atoms with E-state index < -0.39 is 5.97 Å². The number of ketones is 2. The molecule has 0 aromatic heterocycles. The van der Waals surface area contributed by atoms with E-state index in [-0.39, 0.29) is 45.4 Å². The standard InChI is InChI=1S/C36H38O4S2/c1-23(37)40-22-32(39)33-29(34(41-26-10-6-4-7-11-26)42-27-12-8-5-9-13-27)21-31-28-15-14-24-20-25(38)16-18-35(24,2)30(28)17-19-36(31,33)3/h4-13,16-18,20,28-29,31,33-34H,14-15,19,21-22H2,1-3H3/t28-,29?,31+,33-,35+,36+/m1/s1. The molecule has 0 N–H and O–H groups in total.